The first-order valence-corrected chi connectivity index (χ1v) is 7.32. The fraction of sp³-hybridized carbons (Fsp3) is 0.500. The second-order valence-electron chi connectivity index (χ2n) is 3.57. The normalized spacial score (nSPS) is 26.1. The molecule has 1 aliphatic heterocycles. The Morgan fingerprint density at radius 3 is 2.80 bits per heavy atom. The number of hydrogen-bond acceptors (Lipinski definition) is 3. The molecular formula is C10H13NO2S2. The lowest BCUT2D eigenvalue weighted by molar-refractivity contribution is 0.0938. The summed E-state index contributed by atoms with van der Waals surface area (Å²) in [6.45, 7) is 0. The van der Waals surface area contributed by atoms with E-state index in [2.05, 4.69) is 5.32 Å². The van der Waals surface area contributed by atoms with Gasteiger partial charge in [-0.25, -0.2) is 0 Å². The summed E-state index contributed by atoms with van der Waals surface area (Å²) in [5, 5.41) is 4.87. The van der Waals surface area contributed by atoms with Gasteiger partial charge in [0.25, 0.3) is 5.91 Å². The Kier molecular flexibility index (Phi) is 3.53. The molecule has 0 radical (unpaired) electrons. The van der Waals surface area contributed by atoms with Gasteiger partial charge in [0.1, 0.15) is 0 Å². The lowest BCUT2D eigenvalue weighted by Crippen LogP contribution is -2.39. The van der Waals surface area contributed by atoms with Gasteiger partial charge in [0.2, 0.25) is 0 Å². The maximum Gasteiger partial charge on any atom is 0.261 e. The number of carbonyl (C=O) groups is 1. The third-order valence-electron chi connectivity index (χ3n) is 2.47. The summed E-state index contributed by atoms with van der Waals surface area (Å²) in [4.78, 5) is 12.4. The van der Waals surface area contributed by atoms with Crippen molar-refractivity contribution in [2.75, 3.05) is 11.5 Å². The Morgan fingerprint density at radius 1 is 1.47 bits per heavy atom. The molecule has 0 bridgehead atoms. The molecule has 1 amide bonds. The summed E-state index contributed by atoms with van der Waals surface area (Å²) in [5.41, 5.74) is 0. The van der Waals surface area contributed by atoms with Crippen molar-refractivity contribution in [2.24, 2.45) is 0 Å². The van der Waals surface area contributed by atoms with Crippen molar-refractivity contribution in [3.05, 3.63) is 22.4 Å². The molecule has 0 unspecified atom stereocenters. The van der Waals surface area contributed by atoms with E-state index in [1.807, 2.05) is 17.5 Å². The molecule has 1 fully saturated rings. The molecule has 0 spiro atoms. The monoisotopic (exact) mass is 243 g/mol. The minimum atomic E-state index is -0.661. The lowest BCUT2D eigenvalue weighted by Gasteiger charge is -2.22. The standard InChI is InChI=1S/C10H13NO2S2/c12-10(9-2-1-5-14-9)11-8-3-6-15(13)7-4-8/h1-2,5,8H,3-4,6-7H2,(H,11,12). The molecule has 82 valence electrons. The Balaban J connectivity index is 1.87. The summed E-state index contributed by atoms with van der Waals surface area (Å²) in [6.07, 6.45) is 1.67. The Morgan fingerprint density at radius 2 is 2.20 bits per heavy atom. The first-order valence-electron chi connectivity index (χ1n) is 4.95. The third kappa shape index (κ3) is 2.89. The van der Waals surface area contributed by atoms with Crippen molar-refractivity contribution in [2.45, 2.75) is 18.9 Å². The number of hydrogen-bond donors (Lipinski definition) is 1. The van der Waals surface area contributed by atoms with Gasteiger partial charge in [0.15, 0.2) is 0 Å². The zero-order valence-electron chi connectivity index (χ0n) is 8.27. The molecule has 3 nitrogen and oxygen atoms in total. The molecule has 15 heavy (non-hydrogen) atoms. The lowest BCUT2D eigenvalue weighted by atomic mass is 10.1. The fourth-order valence-corrected chi connectivity index (χ4v) is 3.53. The molecule has 0 atom stereocenters. The minimum absolute atomic E-state index is 0.00248. The van der Waals surface area contributed by atoms with E-state index in [4.69, 9.17) is 0 Å². The molecule has 0 aliphatic carbocycles. The number of rotatable bonds is 2. The van der Waals surface area contributed by atoms with Crippen molar-refractivity contribution in [1.82, 2.24) is 5.32 Å². The zero-order chi connectivity index (χ0) is 10.7. The number of amides is 1. The molecule has 2 heterocycles. The molecule has 2 rings (SSSR count). The topological polar surface area (TPSA) is 46.2 Å². The van der Waals surface area contributed by atoms with Gasteiger partial charge >= 0.3 is 0 Å². The van der Waals surface area contributed by atoms with E-state index in [9.17, 15) is 9.00 Å². The first-order chi connectivity index (χ1) is 7.25. The number of nitrogens with one attached hydrogen (secondary N) is 1. The van der Waals surface area contributed by atoms with Crippen LogP contribution in [0.3, 0.4) is 0 Å². The molecular weight excluding hydrogens is 230 g/mol. The maximum absolute atomic E-state index is 11.7. The van der Waals surface area contributed by atoms with Crippen molar-refractivity contribution in [3.63, 3.8) is 0 Å². The second-order valence-corrected chi connectivity index (χ2v) is 6.22. The molecule has 1 saturated heterocycles. The van der Waals surface area contributed by atoms with Crippen molar-refractivity contribution < 1.29 is 9.00 Å². The maximum atomic E-state index is 11.7. The van der Waals surface area contributed by atoms with E-state index in [1.54, 1.807) is 0 Å². The SMILES string of the molecule is O=C(NC1CCS(=O)CC1)c1cccs1. The van der Waals surface area contributed by atoms with Crippen LogP contribution in [0, 0.1) is 0 Å². The molecule has 1 N–H and O–H groups in total. The van der Waals surface area contributed by atoms with Gasteiger partial charge in [-0.3, -0.25) is 9.00 Å². The summed E-state index contributed by atoms with van der Waals surface area (Å²) < 4.78 is 11.1. The van der Waals surface area contributed by atoms with Gasteiger partial charge in [0, 0.05) is 28.3 Å². The first kappa shape index (κ1) is 10.8. The Hall–Kier alpha value is -0.680. The van der Waals surface area contributed by atoms with Crippen LogP contribution in [0.5, 0.6) is 0 Å². The van der Waals surface area contributed by atoms with Gasteiger partial charge < -0.3 is 5.32 Å². The smallest absolute Gasteiger partial charge is 0.261 e. The fourth-order valence-electron chi connectivity index (χ4n) is 1.60. The number of thiophene rings is 1. The van der Waals surface area contributed by atoms with Crippen LogP contribution in [0.25, 0.3) is 0 Å². The average Bonchev–Trinajstić information content (AvgIpc) is 2.74. The highest BCUT2D eigenvalue weighted by Gasteiger charge is 2.20. The van der Waals surface area contributed by atoms with E-state index in [-0.39, 0.29) is 11.9 Å². The minimum Gasteiger partial charge on any atom is -0.349 e. The third-order valence-corrected chi connectivity index (χ3v) is 4.72. The van der Waals surface area contributed by atoms with E-state index in [0.717, 1.165) is 29.2 Å². The van der Waals surface area contributed by atoms with E-state index in [1.165, 1.54) is 11.3 Å². The summed E-state index contributed by atoms with van der Waals surface area (Å²) in [6, 6.07) is 3.90. The highest BCUT2D eigenvalue weighted by molar-refractivity contribution is 7.85. The average molecular weight is 243 g/mol. The zero-order valence-corrected chi connectivity index (χ0v) is 9.90. The molecule has 1 aromatic rings. The van der Waals surface area contributed by atoms with Crippen LogP contribution < -0.4 is 5.32 Å². The van der Waals surface area contributed by atoms with Crippen molar-refractivity contribution in [3.8, 4) is 0 Å². The van der Waals surface area contributed by atoms with Crippen molar-refractivity contribution >= 4 is 28.0 Å². The van der Waals surface area contributed by atoms with Gasteiger partial charge in [-0.15, -0.1) is 11.3 Å². The molecule has 1 aliphatic rings. The highest BCUT2D eigenvalue weighted by Crippen LogP contribution is 2.12. The quantitative estimate of drug-likeness (QED) is 0.853. The van der Waals surface area contributed by atoms with Crippen LogP contribution in [0.15, 0.2) is 17.5 Å². The van der Waals surface area contributed by atoms with Gasteiger partial charge in [-0.2, -0.15) is 0 Å². The number of carbonyl (C=O) groups excluding carboxylic acids is 1. The predicted molar refractivity (Wildman–Crippen MR) is 62.7 cm³/mol. The predicted octanol–water partition coefficient (Wildman–Crippen LogP) is 1.39. The second kappa shape index (κ2) is 4.90. The van der Waals surface area contributed by atoms with Crippen LogP contribution in [0.1, 0.15) is 22.5 Å². The Bertz CT molecular complexity index is 352. The van der Waals surface area contributed by atoms with Gasteiger partial charge in [-0.1, -0.05) is 6.07 Å². The van der Waals surface area contributed by atoms with E-state index >= 15 is 0 Å². The van der Waals surface area contributed by atoms with Crippen molar-refractivity contribution in [1.29, 1.82) is 0 Å². The molecule has 0 aromatic carbocycles. The Labute approximate surface area is 95.3 Å². The summed E-state index contributed by atoms with van der Waals surface area (Å²) in [5.74, 6) is 1.44. The van der Waals surface area contributed by atoms with Crippen LogP contribution in [0.4, 0.5) is 0 Å². The van der Waals surface area contributed by atoms with E-state index < -0.39 is 10.8 Å². The van der Waals surface area contributed by atoms with Crippen LogP contribution in [-0.4, -0.2) is 27.7 Å². The molecule has 1 aromatic heterocycles. The van der Waals surface area contributed by atoms with Gasteiger partial charge in [-0.05, 0) is 24.3 Å². The van der Waals surface area contributed by atoms with E-state index in [0.29, 0.717) is 0 Å². The summed E-state index contributed by atoms with van der Waals surface area (Å²) in [7, 11) is -0.661. The van der Waals surface area contributed by atoms with Crippen LogP contribution in [-0.2, 0) is 10.8 Å². The van der Waals surface area contributed by atoms with Crippen LogP contribution >= 0.6 is 11.3 Å². The molecule has 5 heteroatoms. The molecule has 0 saturated carbocycles. The van der Waals surface area contributed by atoms with Gasteiger partial charge in [0.05, 0.1) is 4.88 Å². The summed E-state index contributed by atoms with van der Waals surface area (Å²) >= 11 is 1.45. The highest BCUT2D eigenvalue weighted by atomic mass is 32.2. The van der Waals surface area contributed by atoms with Crippen LogP contribution in [0.2, 0.25) is 0 Å². The largest absolute Gasteiger partial charge is 0.349 e.